The summed E-state index contributed by atoms with van der Waals surface area (Å²) in [5, 5.41) is 3.31. The minimum Gasteiger partial charge on any atom is -0.467 e. The molecule has 0 bridgehead atoms. The third-order valence-electron chi connectivity index (χ3n) is 3.63. The number of hydrogen-bond donors (Lipinski definition) is 1. The van der Waals surface area contributed by atoms with E-state index >= 15 is 0 Å². The van der Waals surface area contributed by atoms with Crippen LogP contribution in [0.25, 0.3) is 0 Å². The summed E-state index contributed by atoms with van der Waals surface area (Å²) in [7, 11) is 0. The minimum atomic E-state index is 0.0852. The standard InChI is InChI=1S/C15H18N4O2/c1-10-17-14-9-19(11(2)20)6-5-13(14)15(18-10)16-8-12-4-3-7-21-12/h3-4,7H,5-6,8-9H2,1-2H3,(H,16,17,18). The molecular weight excluding hydrogens is 268 g/mol. The van der Waals surface area contributed by atoms with E-state index in [2.05, 4.69) is 15.3 Å². The van der Waals surface area contributed by atoms with Gasteiger partial charge >= 0.3 is 0 Å². The number of aromatic nitrogens is 2. The van der Waals surface area contributed by atoms with Crippen LogP contribution in [0.3, 0.4) is 0 Å². The fourth-order valence-electron chi connectivity index (χ4n) is 2.55. The van der Waals surface area contributed by atoms with E-state index in [0.717, 1.165) is 29.3 Å². The quantitative estimate of drug-likeness (QED) is 0.933. The van der Waals surface area contributed by atoms with E-state index in [1.807, 2.05) is 24.0 Å². The van der Waals surface area contributed by atoms with Crippen molar-refractivity contribution in [3.63, 3.8) is 0 Å². The van der Waals surface area contributed by atoms with E-state index in [1.54, 1.807) is 13.2 Å². The van der Waals surface area contributed by atoms with Gasteiger partial charge in [-0.15, -0.1) is 0 Å². The van der Waals surface area contributed by atoms with E-state index in [-0.39, 0.29) is 5.91 Å². The normalized spacial score (nSPS) is 13.9. The van der Waals surface area contributed by atoms with Crippen molar-refractivity contribution in [3.05, 3.63) is 41.2 Å². The summed E-state index contributed by atoms with van der Waals surface area (Å²) in [6, 6.07) is 3.79. The molecule has 0 unspecified atom stereocenters. The fourth-order valence-corrected chi connectivity index (χ4v) is 2.55. The second-order valence-corrected chi connectivity index (χ2v) is 5.17. The number of aryl methyl sites for hydroxylation is 1. The van der Waals surface area contributed by atoms with Crippen molar-refractivity contribution in [2.75, 3.05) is 11.9 Å². The van der Waals surface area contributed by atoms with Crippen molar-refractivity contribution < 1.29 is 9.21 Å². The number of fused-ring (bicyclic) bond motifs is 1. The summed E-state index contributed by atoms with van der Waals surface area (Å²) in [5.74, 6) is 2.50. The Labute approximate surface area is 123 Å². The van der Waals surface area contributed by atoms with Gasteiger partial charge in [-0.1, -0.05) is 0 Å². The lowest BCUT2D eigenvalue weighted by Gasteiger charge is -2.28. The molecule has 3 rings (SSSR count). The maximum absolute atomic E-state index is 11.5. The Morgan fingerprint density at radius 3 is 3.05 bits per heavy atom. The monoisotopic (exact) mass is 286 g/mol. The molecule has 1 amide bonds. The lowest BCUT2D eigenvalue weighted by atomic mass is 10.1. The van der Waals surface area contributed by atoms with Gasteiger partial charge in [0.2, 0.25) is 5.91 Å². The molecule has 0 saturated carbocycles. The average Bonchev–Trinajstić information content (AvgIpc) is 2.97. The van der Waals surface area contributed by atoms with E-state index < -0.39 is 0 Å². The lowest BCUT2D eigenvalue weighted by Crippen LogP contribution is -2.35. The predicted molar refractivity (Wildman–Crippen MR) is 77.6 cm³/mol. The Balaban J connectivity index is 1.83. The fraction of sp³-hybridized carbons (Fsp3) is 0.400. The number of furan rings is 1. The lowest BCUT2D eigenvalue weighted by molar-refractivity contribution is -0.129. The van der Waals surface area contributed by atoms with Gasteiger partial charge in [-0.25, -0.2) is 9.97 Å². The van der Waals surface area contributed by atoms with Crippen molar-refractivity contribution in [3.8, 4) is 0 Å². The van der Waals surface area contributed by atoms with Gasteiger partial charge in [-0.3, -0.25) is 4.79 Å². The zero-order valence-electron chi connectivity index (χ0n) is 12.2. The van der Waals surface area contributed by atoms with Gasteiger partial charge in [0.05, 0.1) is 25.0 Å². The first-order valence-electron chi connectivity index (χ1n) is 7.01. The molecule has 1 aliphatic heterocycles. The van der Waals surface area contributed by atoms with Crippen molar-refractivity contribution in [2.45, 2.75) is 33.4 Å². The van der Waals surface area contributed by atoms with Crippen LogP contribution < -0.4 is 5.32 Å². The van der Waals surface area contributed by atoms with E-state index in [1.165, 1.54) is 0 Å². The van der Waals surface area contributed by atoms with Crippen molar-refractivity contribution in [2.24, 2.45) is 0 Å². The van der Waals surface area contributed by atoms with Crippen LogP contribution >= 0.6 is 0 Å². The molecule has 110 valence electrons. The van der Waals surface area contributed by atoms with Crippen molar-refractivity contribution >= 4 is 11.7 Å². The molecule has 3 heterocycles. The topological polar surface area (TPSA) is 71.3 Å². The number of anilines is 1. The molecule has 0 aromatic carbocycles. The second kappa shape index (κ2) is 5.55. The molecule has 1 aliphatic rings. The van der Waals surface area contributed by atoms with E-state index in [0.29, 0.717) is 25.5 Å². The third-order valence-corrected chi connectivity index (χ3v) is 3.63. The number of amides is 1. The smallest absolute Gasteiger partial charge is 0.219 e. The van der Waals surface area contributed by atoms with Gasteiger partial charge in [-0.2, -0.15) is 0 Å². The molecule has 0 fully saturated rings. The predicted octanol–water partition coefficient (Wildman–Crippen LogP) is 1.89. The van der Waals surface area contributed by atoms with E-state index in [9.17, 15) is 4.79 Å². The van der Waals surface area contributed by atoms with Gasteiger partial charge in [0, 0.05) is 19.0 Å². The molecule has 0 aliphatic carbocycles. The summed E-state index contributed by atoms with van der Waals surface area (Å²) >= 11 is 0. The first kappa shape index (κ1) is 13.6. The Morgan fingerprint density at radius 2 is 2.33 bits per heavy atom. The molecule has 0 spiro atoms. The zero-order valence-corrected chi connectivity index (χ0v) is 12.2. The first-order chi connectivity index (χ1) is 10.1. The molecule has 2 aromatic heterocycles. The zero-order chi connectivity index (χ0) is 14.8. The Hall–Kier alpha value is -2.37. The SMILES string of the molecule is CC(=O)N1CCc2c(nc(C)nc2NCc2ccco2)C1. The minimum absolute atomic E-state index is 0.0852. The molecular formula is C15H18N4O2. The third kappa shape index (κ3) is 2.89. The molecule has 6 heteroatoms. The number of nitrogens with zero attached hydrogens (tertiary/aromatic N) is 3. The highest BCUT2D eigenvalue weighted by atomic mass is 16.3. The highest BCUT2D eigenvalue weighted by Crippen LogP contribution is 2.24. The van der Waals surface area contributed by atoms with Crippen LogP contribution in [0.4, 0.5) is 5.82 Å². The first-order valence-corrected chi connectivity index (χ1v) is 7.01. The van der Waals surface area contributed by atoms with Gasteiger partial charge in [0.25, 0.3) is 0 Å². The van der Waals surface area contributed by atoms with Crippen LogP contribution in [0.1, 0.15) is 29.8 Å². The number of carbonyl (C=O) groups excluding carboxylic acids is 1. The molecule has 21 heavy (non-hydrogen) atoms. The molecule has 6 nitrogen and oxygen atoms in total. The largest absolute Gasteiger partial charge is 0.467 e. The average molecular weight is 286 g/mol. The summed E-state index contributed by atoms with van der Waals surface area (Å²) in [6.45, 7) is 5.32. The molecule has 2 aromatic rings. The number of nitrogens with one attached hydrogen (secondary N) is 1. The summed E-state index contributed by atoms with van der Waals surface area (Å²) in [4.78, 5) is 22.3. The Kier molecular flexibility index (Phi) is 3.60. The maximum atomic E-state index is 11.5. The van der Waals surface area contributed by atoms with Gasteiger partial charge in [-0.05, 0) is 25.5 Å². The number of hydrogen-bond acceptors (Lipinski definition) is 5. The van der Waals surface area contributed by atoms with Gasteiger partial charge in [0.1, 0.15) is 17.4 Å². The van der Waals surface area contributed by atoms with Crippen LogP contribution in [-0.4, -0.2) is 27.3 Å². The summed E-state index contributed by atoms with van der Waals surface area (Å²) < 4.78 is 5.32. The van der Waals surface area contributed by atoms with Gasteiger partial charge < -0.3 is 14.6 Å². The highest BCUT2D eigenvalue weighted by Gasteiger charge is 2.23. The summed E-state index contributed by atoms with van der Waals surface area (Å²) in [5.41, 5.74) is 2.04. The van der Waals surface area contributed by atoms with Crippen molar-refractivity contribution in [1.82, 2.24) is 14.9 Å². The molecule has 0 radical (unpaired) electrons. The van der Waals surface area contributed by atoms with Crippen LogP contribution in [0.15, 0.2) is 22.8 Å². The van der Waals surface area contributed by atoms with Crippen LogP contribution in [-0.2, 0) is 24.3 Å². The molecule has 1 N–H and O–H groups in total. The maximum Gasteiger partial charge on any atom is 0.219 e. The van der Waals surface area contributed by atoms with Gasteiger partial charge in [0.15, 0.2) is 0 Å². The number of carbonyl (C=O) groups is 1. The Bertz CT molecular complexity index is 652. The van der Waals surface area contributed by atoms with Crippen LogP contribution in [0, 0.1) is 6.92 Å². The summed E-state index contributed by atoms with van der Waals surface area (Å²) in [6.07, 6.45) is 2.43. The number of rotatable bonds is 3. The van der Waals surface area contributed by atoms with Crippen molar-refractivity contribution in [1.29, 1.82) is 0 Å². The van der Waals surface area contributed by atoms with Crippen LogP contribution in [0.5, 0.6) is 0 Å². The molecule has 0 saturated heterocycles. The molecule has 0 atom stereocenters. The second-order valence-electron chi connectivity index (χ2n) is 5.17. The van der Waals surface area contributed by atoms with E-state index in [4.69, 9.17) is 4.42 Å². The Morgan fingerprint density at radius 1 is 1.48 bits per heavy atom. The highest BCUT2D eigenvalue weighted by molar-refractivity contribution is 5.73. The van der Waals surface area contributed by atoms with Crippen LogP contribution in [0.2, 0.25) is 0 Å².